The molecule has 184 valence electrons. The van der Waals surface area contributed by atoms with Gasteiger partial charge in [-0.3, -0.25) is 9.59 Å². The lowest BCUT2D eigenvalue weighted by atomic mass is 9.82. The Hall–Kier alpha value is -4.11. The highest BCUT2D eigenvalue weighted by Gasteiger charge is 2.33. The summed E-state index contributed by atoms with van der Waals surface area (Å²) in [5.41, 5.74) is 3.21. The van der Waals surface area contributed by atoms with E-state index in [2.05, 4.69) is 11.4 Å². The maximum Gasteiger partial charge on any atom is 0.254 e. The monoisotopic (exact) mass is 481 g/mol. The molecule has 4 rings (SSSR count). The molecule has 0 bridgehead atoms. The molecule has 0 saturated carbocycles. The first-order valence-electron chi connectivity index (χ1n) is 12.2. The summed E-state index contributed by atoms with van der Waals surface area (Å²) >= 11 is 0. The summed E-state index contributed by atoms with van der Waals surface area (Å²) in [6.45, 7) is 7.45. The van der Waals surface area contributed by atoms with Crippen LogP contribution in [0.15, 0.2) is 66.7 Å². The fourth-order valence-electron chi connectivity index (χ4n) is 4.43. The third-order valence-corrected chi connectivity index (χ3v) is 6.69. The van der Waals surface area contributed by atoms with Crippen molar-refractivity contribution in [2.75, 3.05) is 18.4 Å². The highest BCUT2D eigenvalue weighted by atomic mass is 16.5. The molecular weight excluding hydrogens is 450 g/mol. The second-order valence-corrected chi connectivity index (χ2v) is 9.71. The quantitative estimate of drug-likeness (QED) is 0.476. The molecule has 6 heteroatoms. The molecule has 1 N–H and O–H groups in total. The summed E-state index contributed by atoms with van der Waals surface area (Å²) < 4.78 is 6.09. The smallest absolute Gasteiger partial charge is 0.254 e. The van der Waals surface area contributed by atoms with Crippen molar-refractivity contribution in [3.63, 3.8) is 0 Å². The Kier molecular flexibility index (Phi) is 7.40. The molecule has 0 aromatic heterocycles. The SMILES string of the molecule is Cc1cc(NC(=O)C(C)(C)c2cc(C#N)ccc2OCc2ccccc2)ccc1C(=O)N1CCCC1. The number of likely N-dealkylation sites (tertiary alicyclic amines) is 1. The van der Waals surface area contributed by atoms with Gasteiger partial charge in [0.1, 0.15) is 12.4 Å². The van der Waals surface area contributed by atoms with Gasteiger partial charge in [-0.05, 0) is 81.1 Å². The van der Waals surface area contributed by atoms with E-state index in [4.69, 9.17) is 4.74 Å². The summed E-state index contributed by atoms with van der Waals surface area (Å²) in [4.78, 5) is 28.2. The number of nitriles is 1. The first kappa shape index (κ1) is 25.0. The fraction of sp³-hybridized carbons (Fsp3) is 0.300. The number of aryl methyl sites for hydroxylation is 1. The molecule has 3 aromatic carbocycles. The molecule has 6 nitrogen and oxygen atoms in total. The lowest BCUT2D eigenvalue weighted by molar-refractivity contribution is -0.120. The maximum atomic E-state index is 13.5. The molecule has 1 fully saturated rings. The van der Waals surface area contributed by atoms with Crippen LogP contribution in [0.5, 0.6) is 5.75 Å². The molecule has 1 saturated heterocycles. The van der Waals surface area contributed by atoms with Crippen LogP contribution in [0.25, 0.3) is 0 Å². The lowest BCUT2D eigenvalue weighted by Gasteiger charge is -2.27. The van der Waals surface area contributed by atoms with Crippen molar-refractivity contribution in [3.8, 4) is 11.8 Å². The number of carbonyl (C=O) groups is 2. The number of carbonyl (C=O) groups excluding carboxylic acids is 2. The summed E-state index contributed by atoms with van der Waals surface area (Å²) in [6, 6.07) is 22.5. The topological polar surface area (TPSA) is 82.4 Å². The van der Waals surface area contributed by atoms with Crippen molar-refractivity contribution in [1.29, 1.82) is 5.26 Å². The zero-order valence-electron chi connectivity index (χ0n) is 21.0. The Morgan fingerprint density at radius 2 is 1.75 bits per heavy atom. The molecule has 0 atom stereocenters. The van der Waals surface area contributed by atoms with E-state index in [0.29, 0.717) is 34.7 Å². The average Bonchev–Trinajstić information content (AvgIpc) is 3.43. The van der Waals surface area contributed by atoms with E-state index in [-0.39, 0.29) is 11.8 Å². The molecule has 0 spiro atoms. The van der Waals surface area contributed by atoms with Gasteiger partial charge in [-0.1, -0.05) is 30.3 Å². The van der Waals surface area contributed by atoms with Gasteiger partial charge in [0.15, 0.2) is 0 Å². The number of anilines is 1. The van der Waals surface area contributed by atoms with Gasteiger partial charge < -0.3 is 15.0 Å². The van der Waals surface area contributed by atoms with E-state index in [9.17, 15) is 14.9 Å². The zero-order chi connectivity index (χ0) is 25.7. The number of nitrogens with zero attached hydrogens (tertiary/aromatic N) is 2. The molecule has 3 aromatic rings. The molecule has 0 aliphatic carbocycles. The number of rotatable bonds is 7. The molecule has 0 radical (unpaired) electrons. The minimum Gasteiger partial charge on any atom is -0.489 e. The first-order chi connectivity index (χ1) is 17.3. The van der Waals surface area contributed by atoms with Gasteiger partial charge in [0.25, 0.3) is 5.91 Å². The summed E-state index contributed by atoms with van der Waals surface area (Å²) in [5.74, 6) is 0.359. The zero-order valence-corrected chi connectivity index (χ0v) is 21.0. The van der Waals surface area contributed by atoms with Crippen molar-refractivity contribution in [3.05, 3.63) is 94.5 Å². The van der Waals surface area contributed by atoms with Crippen LogP contribution in [0.3, 0.4) is 0 Å². The van der Waals surface area contributed by atoms with Gasteiger partial charge in [0, 0.05) is 29.9 Å². The first-order valence-corrected chi connectivity index (χ1v) is 12.2. The van der Waals surface area contributed by atoms with Crippen molar-refractivity contribution in [2.24, 2.45) is 0 Å². The third-order valence-electron chi connectivity index (χ3n) is 6.69. The summed E-state index contributed by atoms with van der Waals surface area (Å²) in [6.07, 6.45) is 2.08. The van der Waals surface area contributed by atoms with Gasteiger partial charge in [0.05, 0.1) is 17.0 Å². The van der Waals surface area contributed by atoms with Gasteiger partial charge in [0.2, 0.25) is 5.91 Å². The Morgan fingerprint density at radius 1 is 1.03 bits per heavy atom. The van der Waals surface area contributed by atoms with Crippen molar-refractivity contribution >= 4 is 17.5 Å². The predicted molar refractivity (Wildman–Crippen MR) is 140 cm³/mol. The molecule has 1 aliphatic rings. The van der Waals surface area contributed by atoms with Gasteiger partial charge in [-0.25, -0.2) is 0 Å². The van der Waals surface area contributed by atoms with Gasteiger partial charge >= 0.3 is 0 Å². The fourth-order valence-corrected chi connectivity index (χ4v) is 4.43. The Morgan fingerprint density at radius 3 is 2.42 bits per heavy atom. The number of benzene rings is 3. The largest absolute Gasteiger partial charge is 0.489 e. The molecule has 0 unspecified atom stereocenters. The highest BCUT2D eigenvalue weighted by Crippen LogP contribution is 2.34. The molecular formula is C30H31N3O3. The Bertz CT molecular complexity index is 1300. The standard InChI is InChI=1S/C30H31N3O3/c1-21-17-24(12-13-25(21)28(34)33-15-7-8-16-33)32-29(35)30(2,3)26-18-23(19-31)11-14-27(26)36-20-22-9-5-4-6-10-22/h4-6,9-14,17-18H,7-8,15-16,20H2,1-3H3,(H,32,35). The number of ether oxygens (including phenoxy) is 1. The van der Waals surface area contributed by atoms with Crippen LogP contribution in [0.1, 0.15) is 59.3 Å². The highest BCUT2D eigenvalue weighted by molar-refractivity contribution is 6.00. The van der Waals surface area contributed by atoms with Crippen LogP contribution in [-0.2, 0) is 16.8 Å². The average molecular weight is 482 g/mol. The minimum absolute atomic E-state index is 0.0386. The number of nitrogens with one attached hydrogen (secondary N) is 1. The molecule has 1 aliphatic heterocycles. The number of hydrogen-bond acceptors (Lipinski definition) is 4. The van der Waals surface area contributed by atoms with Crippen LogP contribution in [0, 0.1) is 18.3 Å². The normalized spacial score (nSPS) is 13.2. The van der Waals surface area contributed by atoms with Crippen molar-refractivity contribution in [1.82, 2.24) is 4.90 Å². The van der Waals surface area contributed by atoms with Crippen LogP contribution in [-0.4, -0.2) is 29.8 Å². The van der Waals surface area contributed by atoms with Crippen LogP contribution in [0.2, 0.25) is 0 Å². The molecule has 36 heavy (non-hydrogen) atoms. The van der Waals surface area contributed by atoms with Gasteiger partial charge in [-0.2, -0.15) is 5.26 Å². The Labute approximate surface area is 212 Å². The molecule has 1 heterocycles. The molecule has 2 amide bonds. The third kappa shape index (κ3) is 5.41. The summed E-state index contributed by atoms with van der Waals surface area (Å²) in [5, 5.41) is 12.5. The van der Waals surface area contributed by atoms with E-state index >= 15 is 0 Å². The van der Waals surface area contributed by atoms with E-state index in [0.717, 1.165) is 37.1 Å². The number of amides is 2. The Balaban J connectivity index is 1.54. The second kappa shape index (κ2) is 10.7. The lowest BCUT2D eigenvalue weighted by Crippen LogP contribution is -2.35. The van der Waals surface area contributed by atoms with Crippen molar-refractivity contribution < 1.29 is 14.3 Å². The van der Waals surface area contributed by atoms with E-state index in [1.807, 2.05) is 62.1 Å². The minimum atomic E-state index is -0.989. The van der Waals surface area contributed by atoms with Crippen LogP contribution >= 0.6 is 0 Å². The van der Waals surface area contributed by atoms with E-state index in [1.165, 1.54) is 0 Å². The van der Waals surface area contributed by atoms with Crippen molar-refractivity contribution in [2.45, 2.75) is 45.6 Å². The number of hydrogen-bond donors (Lipinski definition) is 1. The van der Waals surface area contributed by atoms with E-state index in [1.54, 1.807) is 30.3 Å². The van der Waals surface area contributed by atoms with Gasteiger partial charge in [-0.15, -0.1) is 0 Å². The summed E-state index contributed by atoms with van der Waals surface area (Å²) in [7, 11) is 0. The van der Waals surface area contributed by atoms with Crippen LogP contribution in [0.4, 0.5) is 5.69 Å². The second-order valence-electron chi connectivity index (χ2n) is 9.71. The van der Waals surface area contributed by atoms with Crippen LogP contribution < -0.4 is 10.1 Å². The van der Waals surface area contributed by atoms with E-state index < -0.39 is 5.41 Å². The maximum absolute atomic E-state index is 13.5. The predicted octanol–water partition coefficient (Wildman–Crippen LogP) is 5.60.